The molecule has 0 bridgehead atoms. The van der Waals surface area contributed by atoms with Crippen molar-refractivity contribution in [2.45, 2.75) is 38.1 Å². The Hall–Kier alpha value is -2.57. The summed E-state index contributed by atoms with van der Waals surface area (Å²) in [5.41, 5.74) is 1.67. The van der Waals surface area contributed by atoms with Gasteiger partial charge in [-0.05, 0) is 49.2 Å². The van der Waals surface area contributed by atoms with Crippen molar-refractivity contribution in [1.29, 1.82) is 0 Å². The number of amides is 2. The highest BCUT2D eigenvalue weighted by Gasteiger charge is 2.26. The molecule has 0 radical (unpaired) electrons. The predicted molar refractivity (Wildman–Crippen MR) is 121 cm³/mol. The standard InChI is InChI=1S/C23H27ClN4O2/c1-30-16-15-27(23(29)25-18-7-3-2-4-8-18)22-20-9-5-6-10-21(20)26-28(22)19-13-11-17(24)12-14-19/h5-6,9-14,18H,2-4,7-8,15-16H2,1H3,(H,25,29). The van der Waals surface area contributed by atoms with Gasteiger partial charge in [0, 0.05) is 23.6 Å². The highest BCUT2D eigenvalue weighted by molar-refractivity contribution is 6.30. The fourth-order valence-corrected chi connectivity index (χ4v) is 4.15. The second kappa shape index (κ2) is 9.49. The zero-order valence-corrected chi connectivity index (χ0v) is 17.9. The van der Waals surface area contributed by atoms with Crippen molar-refractivity contribution in [3.05, 3.63) is 53.6 Å². The molecule has 2 aromatic carbocycles. The maximum atomic E-state index is 13.4. The van der Waals surface area contributed by atoms with Gasteiger partial charge in [-0.25, -0.2) is 9.48 Å². The second-order valence-corrected chi connectivity index (χ2v) is 8.09. The number of nitrogens with zero attached hydrogens (tertiary/aromatic N) is 3. The number of carbonyl (C=O) groups is 1. The van der Waals surface area contributed by atoms with Gasteiger partial charge in [0.2, 0.25) is 0 Å². The van der Waals surface area contributed by atoms with E-state index in [9.17, 15) is 4.79 Å². The van der Waals surface area contributed by atoms with Crippen LogP contribution in [-0.4, -0.2) is 42.1 Å². The molecule has 2 amide bonds. The average molecular weight is 427 g/mol. The topological polar surface area (TPSA) is 59.4 Å². The maximum Gasteiger partial charge on any atom is 0.323 e. The number of benzene rings is 2. The monoisotopic (exact) mass is 426 g/mol. The molecule has 4 rings (SSSR count). The number of anilines is 1. The molecule has 0 spiro atoms. The van der Waals surface area contributed by atoms with Crippen LogP contribution in [0.15, 0.2) is 48.5 Å². The Morgan fingerprint density at radius 2 is 1.90 bits per heavy atom. The molecule has 158 valence electrons. The maximum absolute atomic E-state index is 13.4. The number of carbonyl (C=O) groups excluding carboxylic acids is 1. The molecule has 1 aliphatic rings. The van der Waals surface area contributed by atoms with Crippen molar-refractivity contribution in [2.75, 3.05) is 25.2 Å². The molecule has 1 saturated carbocycles. The van der Waals surface area contributed by atoms with Gasteiger partial charge in [-0.2, -0.15) is 5.10 Å². The highest BCUT2D eigenvalue weighted by Crippen LogP contribution is 2.30. The van der Waals surface area contributed by atoms with Gasteiger partial charge < -0.3 is 10.1 Å². The van der Waals surface area contributed by atoms with Gasteiger partial charge in [-0.3, -0.25) is 4.90 Å². The van der Waals surface area contributed by atoms with E-state index < -0.39 is 0 Å². The zero-order chi connectivity index (χ0) is 20.9. The van der Waals surface area contributed by atoms with Crippen molar-refractivity contribution >= 4 is 34.4 Å². The number of halogens is 1. The number of rotatable bonds is 6. The lowest BCUT2D eigenvalue weighted by Crippen LogP contribution is -2.47. The molecule has 6 nitrogen and oxygen atoms in total. The SMILES string of the molecule is COCCN(C(=O)NC1CCCCC1)c1c2ccccc2nn1-c1ccc(Cl)cc1. The van der Waals surface area contributed by atoms with Crippen molar-refractivity contribution in [3.63, 3.8) is 0 Å². The summed E-state index contributed by atoms with van der Waals surface area (Å²) in [7, 11) is 1.64. The summed E-state index contributed by atoms with van der Waals surface area (Å²) in [6.45, 7) is 0.858. The number of fused-ring (bicyclic) bond motifs is 1. The Kier molecular flexibility index (Phi) is 6.55. The van der Waals surface area contributed by atoms with Crippen LogP contribution in [0.25, 0.3) is 16.6 Å². The van der Waals surface area contributed by atoms with Crippen LogP contribution in [-0.2, 0) is 4.74 Å². The predicted octanol–water partition coefficient (Wildman–Crippen LogP) is 5.17. The first-order chi connectivity index (χ1) is 14.7. The van der Waals surface area contributed by atoms with E-state index in [4.69, 9.17) is 21.4 Å². The van der Waals surface area contributed by atoms with Crippen molar-refractivity contribution < 1.29 is 9.53 Å². The molecule has 30 heavy (non-hydrogen) atoms. The van der Waals surface area contributed by atoms with Gasteiger partial charge in [0.05, 0.1) is 24.4 Å². The Balaban J connectivity index is 1.76. The molecule has 0 unspecified atom stereocenters. The summed E-state index contributed by atoms with van der Waals surface area (Å²) in [6.07, 6.45) is 5.62. The van der Waals surface area contributed by atoms with Gasteiger partial charge in [-0.15, -0.1) is 0 Å². The van der Waals surface area contributed by atoms with Crippen LogP contribution in [0.4, 0.5) is 10.6 Å². The smallest absolute Gasteiger partial charge is 0.323 e. The number of urea groups is 1. The Labute approximate surface area is 181 Å². The van der Waals surface area contributed by atoms with E-state index in [-0.39, 0.29) is 12.1 Å². The summed E-state index contributed by atoms with van der Waals surface area (Å²) < 4.78 is 7.13. The first-order valence-electron chi connectivity index (χ1n) is 10.5. The largest absolute Gasteiger partial charge is 0.383 e. The summed E-state index contributed by atoms with van der Waals surface area (Å²) in [5, 5.41) is 9.59. The van der Waals surface area contributed by atoms with Crippen molar-refractivity contribution in [3.8, 4) is 5.69 Å². The number of hydrogen-bond donors (Lipinski definition) is 1. The lowest BCUT2D eigenvalue weighted by molar-refractivity contribution is 0.201. The molecule has 0 atom stereocenters. The third-order valence-electron chi connectivity index (χ3n) is 5.58. The van der Waals surface area contributed by atoms with Gasteiger partial charge in [-0.1, -0.05) is 43.0 Å². The first kappa shape index (κ1) is 20.7. The van der Waals surface area contributed by atoms with Crippen LogP contribution in [0.1, 0.15) is 32.1 Å². The third kappa shape index (κ3) is 4.45. The first-order valence-corrected chi connectivity index (χ1v) is 10.9. The molecular formula is C23H27ClN4O2. The number of aromatic nitrogens is 2. The summed E-state index contributed by atoms with van der Waals surface area (Å²) in [5.74, 6) is 0.735. The average Bonchev–Trinajstić information content (AvgIpc) is 3.15. The van der Waals surface area contributed by atoms with Gasteiger partial charge in [0.25, 0.3) is 0 Å². The third-order valence-corrected chi connectivity index (χ3v) is 5.83. The van der Waals surface area contributed by atoms with E-state index in [0.717, 1.165) is 48.1 Å². The minimum Gasteiger partial charge on any atom is -0.383 e. The summed E-state index contributed by atoms with van der Waals surface area (Å²) in [4.78, 5) is 15.1. The normalized spacial score (nSPS) is 14.7. The van der Waals surface area contributed by atoms with Crippen LogP contribution < -0.4 is 10.2 Å². The number of ether oxygens (including phenoxy) is 1. The fourth-order valence-electron chi connectivity index (χ4n) is 4.03. The zero-order valence-electron chi connectivity index (χ0n) is 17.2. The van der Waals surface area contributed by atoms with Crippen LogP contribution >= 0.6 is 11.6 Å². The minimum absolute atomic E-state index is 0.111. The molecule has 1 heterocycles. The fraction of sp³-hybridized carbons (Fsp3) is 0.391. The molecule has 0 saturated heterocycles. The minimum atomic E-state index is -0.111. The van der Waals surface area contributed by atoms with Crippen molar-refractivity contribution in [1.82, 2.24) is 15.1 Å². The van der Waals surface area contributed by atoms with Crippen LogP contribution in [0, 0.1) is 0 Å². The summed E-state index contributed by atoms with van der Waals surface area (Å²) in [6, 6.07) is 15.4. The van der Waals surface area contributed by atoms with E-state index >= 15 is 0 Å². The van der Waals surface area contributed by atoms with Gasteiger partial charge >= 0.3 is 6.03 Å². The van der Waals surface area contributed by atoms with E-state index in [1.807, 2.05) is 53.2 Å². The summed E-state index contributed by atoms with van der Waals surface area (Å²) >= 11 is 6.09. The van der Waals surface area contributed by atoms with Gasteiger partial charge in [0.1, 0.15) is 5.82 Å². The van der Waals surface area contributed by atoms with E-state index in [0.29, 0.717) is 18.2 Å². The second-order valence-electron chi connectivity index (χ2n) is 7.66. The quantitative estimate of drug-likeness (QED) is 0.591. The molecular weight excluding hydrogens is 400 g/mol. The van der Waals surface area contributed by atoms with Crippen LogP contribution in [0.3, 0.4) is 0 Å². The van der Waals surface area contributed by atoms with Crippen LogP contribution in [0.5, 0.6) is 0 Å². The van der Waals surface area contributed by atoms with E-state index in [2.05, 4.69) is 5.32 Å². The number of methoxy groups -OCH3 is 1. The van der Waals surface area contributed by atoms with E-state index in [1.54, 1.807) is 12.0 Å². The molecule has 1 N–H and O–H groups in total. The van der Waals surface area contributed by atoms with Crippen molar-refractivity contribution in [2.24, 2.45) is 0 Å². The van der Waals surface area contributed by atoms with E-state index in [1.165, 1.54) is 6.42 Å². The van der Waals surface area contributed by atoms with Crippen LogP contribution in [0.2, 0.25) is 5.02 Å². The molecule has 3 aromatic rings. The Morgan fingerprint density at radius 3 is 2.63 bits per heavy atom. The lowest BCUT2D eigenvalue weighted by Gasteiger charge is -2.28. The molecule has 1 fully saturated rings. The highest BCUT2D eigenvalue weighted by atomic mass is 35.5. The number of hydrogen-bond acceptors (Lipinski definition) is 3. The molecule has 0 aliphatic heterocycles. The molecule has 7 heteroatoms. The lowest BCUT2D eigenvalue weighted by atomic mass is 9.96. The number of nitrogens with one attached hydrogen (secondary N) is 1. The Morgan fingerprint density at radius 1 is 1.17 bits per heavy atom. The van der Waals surface area contributed by atoms with Gasteiger partial charge in [0.15, 0.2) is 0 Å². The molecule has 1 aromatic heterocycles. The molecule has 1 aliphatic carbocycles. The Bertz CT molecular complexity index is 996.